The van der Waals surface area contributed by atoms with Crippen molar-refractivity contribution < 1.29 is 9.53 Å². The van der Waals surface area contributed by atoms with Crippen LogP contribution in [0.15, 0.2) is 24.3 Å². The average Bonchev–Trinajstić information content (AvgIpc) is 2.30. The van der Waals surface area contributed by atoms with Crippen LogP contribution in [0, 0.1) is 11.8 Å². The lowest BCUT2D eigenvalue weighted by molar-refractivity contribution is -0.142. The van der Waals surface area contributed by atoms with Crippen molar-refractivity contribution in [3.8, 4) is 11.8 Å². The van der Waals surface area contributed by atoms with Crippen molar-refractivity contribution >= 4 is 11.7 Å². The van der Waals surface area contributed by atoms with E-state index in [1.807, 2.05) is 18.2 Å². The largest absolute Gasteiger partial charge is 0.468 e. The summed E-state index contributed by atoms with van der Waals surface area (Å²) in [6.45, 7) is 0. The molecule has 1 atom stereocenters. The molecular formula is C12H14N2O2. The van der Waals surface area contributed by atoms with Gasteiger partial charge in [0.05, 0.1) is 7.11 Å². The molecule has 0 aromatic heterocycles. The Morgan fingerprint density at radius 3 is 2.81 bits per heavy atom. The van der Waals surface area contributed by atoms with Crippen LogP contribution in [-0.2, 0) is 9.53 Å². The van der Waals surface area contributed by atoms with Crippen LogP contribution in [0.5, 0.6) is 0 Å². The Hall–Kier alpha value is -1.99. The zero-order valence-corrected chi connectivity index (χ0v) is 9.07. The quantitative estimate of drug-likeness (QED) is 0.430. The van der Waals surface area contributed by atoms with Crippen LogP contribution in [0.1, 0.15) is 12.0 Å². The zero-order valence-electron chi connectivity index (χ0n) is 9.07. The molecule has 0 amide bonds. The van der Waals surface area contributed by atoms with Gasteiger partial charge in [0.25, 0.3) is 0 Å². The van der Waals surface area contributed by atoms with Crippen molar-refractivity contribution in [1.82, 2.24) is 0 Å². The van der Waals surface area contributed by atoms with Crippen LogP contribution in [0.25, 0.3) is 0 Å². The Bertz CT molecular complexity index is 432. The number of para-hydroxylation sites is 1. The highest BCUT2D eigenvalue weighted by atomic mass is 16.5. The second-order valence-electron chi connectivity index (χ2n) is 3.22. The maximum absolute atomic E-state index is 11.0. The van der Waals surface area contributed by atoms with Gasteiger partial charge in [0.15, 0.2) is 0 Å². The fraction of sp³-hybridized carbons (Fsp3) is 0.250. The number of carbonyl (C=O) groups is 1. The molecule has 16 heavy (non-hydrogen) atoms. The summed E-state index contributed by atoms with van der Waals surface area (Å²) in [6.07, 6.45) is 0.251. The summed E-state index contributed by atoms with van der Waals surface area (Å²) in [6, 6.07) is 6.56. The lowest BCUT2D eigenvalue weighted by Gasteiger charge is -2.03. The van der Waals surface area contributed by atoms with Gasteiger partial charge < -0.3 is 16.2 Å². The third-order valence-corrected chi connectivity index (χ3v) is 2.01. The molecule has 4 N–H and O–H groups in total. The number of hydrogen-bond acceptors (Lipinski definition) is 4. The van der Waals surface area contributed by atoms with Gasteiger partial charge in [-0.3, -0.25) is 4.79 Å². The van der Waals surface area contributed by atoms with Gasteiger partial charge in [0.2, 0.25) is 0 Å². The molecule has 4 heteroatoms. The Morgan fingerprint density at radius 2 is 2.19 bits per heavy atom. The molecule has 1 rings (SSSR count). The second-order valence-corrected chi connectivity index (χ2v) is 3.22. The number of esters is 1. The standard InChI is InChI=1S/C12H14N2O2/c1-16-12(15)11(14)8-4-6-9-5-2-3-7-10(9)13/h2-3,5,7,11H,8,13-14H2,1H3/t11-/m0/s1. The Labute approximate surface area is 94.6 Å². The molecule has 0 saturated heterocycles. The molecule has 0 unspecified atom stereocenters. The van der Waals surface area contributed by atoms with Crippen molar-refractivity contribution in [2.24, 2.45) is 5.73 Å². The number of anilines is 1. The summed E-state index contributed by atoms with van der Waals surface area (Å²) in [5.41, 5.74) is 12.6. The number of methoxy groups -OCH3 is 1. The van der Waals surface area contributed by atoms with Crippen molar-refractivity contribution in [3.05, 3.63) is 29.8 Å². The molecule has 0 aliphatic rings. The highest BCUT2D eigenvalue weighted by Gasteiger charge is 2.10. The van der Waals surface area contributed by atoms with Gasteiger partial charge >= 0.3 is 5.97 Å². The van der Waals surface area contributed by atoms with Crippen molar-refractivity contribution in [2.45, 2.75) is 12.5 Å². The zero-order chi connectivity index (χ0) is 12.0. The number of benzene rings is 1. The number of nitrogen functional groups attached to an aromatic ring is 1. The van der Waals surface area contributed by atoms with Crippen LogP contribution >= 0.6 is 0 Å². The van der Waals surface area contributed by atoms with Gasteiger partial charge in [-0.15, -0.1) is 0 Å². The molecule has 84 valence electrons. The molecule has 1 aromatic carbocycles. The lowest BCUT2D eigenvalue weighted by Crippen LogP contribution is -2.30. The van der Waals surface area contributed by atoms with Crippen molar-refractivity contribution in [1.29, 1.82) is 0 Å². The minimum atomic E-state index is -0.706. The van der Waals surface area contributed by atoms with Crippen molar-refractivity contribution in [3.63, 3.8) is 0 Å². The molecule has 0 spiro atoms. The van der Waals surface area contributed by atoms with Crippen LogP contribution in [0.2, 0.25) is 0 Å². The summed E-state index contributed by atoms with van der Waals surface area (Å²) in [4.78, 5) is 11.0. The van der Waals surface area contributed by atoms with Gasteiger partial charge in [-0.05, 0) is 12.1 Å². The molecule has 0 bridgehead atoms. The van der Waals surface area contributed by atoms with Gasteiger partial charge in [-0.1, -0.05) is 24.0 Å². The highest BCUT2D eigenvalue weighted by Crippen LogP contribution is 2.08. The predicted octanol–water partition coefficient (Wildman–Crippen LogP) is 0.511. The molecule has 0 aliphatic carbocycles. The third-order valence-electron chi connectivity index (χ3n) is 2.01. The molecule has 0 fully saturated rings. The van der Waals surface area contributed by atoms with Crippen molar-refractivity contribution in [2.75, 3.05) is 12.8 Å². The molecule has 0 radical (unpaired) electrons. The Balaban J connectivity index is 2.63. The van der Waals surface area contributed by atoms with Gasteiger partial charge in [-0.25, -0.2) is 0 Å². The van der Waals surface area contributed by atoms with Crippen LogP contribution in [0.4, 0.5) is 5.69 Å². The first kappa shape index (κ1) is 12.1. The highest BCUT2D eigenvalue weighted by molar-refractivity contribution is 5.75. The molecule has 4 nitrogen and oxygen atoms in total. The fourth-order valence-corrected chi connectivity index (χ4v) is 1.10. The normalized spacial score (nSPS) is 11.1. The lowest BCUT2D eigenvalue weighted by atomic mass is 10.1. The van der Waals surface area contributed by atoms with E-state index in [1.165, 1.54) is 7.11 Å². The number of ether oxygens (including phenoxy) is 1. The first-order chi connectivity index (χ1) is 7.65. The van der Waals surface area contributed by atoms with E-state index >= 15 is 0 Å². The number of hydrogen-bond donors (Lipinski definition) is 2. The van der Waals surface area contributed by atoms with Gasteiger partial charge in [-0.2, -0.15) is 0 Å². The van der Waals surface area contributed by atoms with E-state index < -0.39 is 12.0 Å². The maximum atomic E-state index is 11.0. The summed E-state index contributed by atoms with van der Waals surface area (Å²) >= 11 is 0. The number of nitrogens with two attached hydrogens (primary N) is 2. The van der Waals surface area contributed by atoms with Crippen LogP contribution in [0.3, 0.4) is 0 Å². The van der Waals surface area contributed by atoms with E-state index in [-0.39, 0.29) is 6.42 Å². The molecule has 0 heterocycles. The summed E-state index contributed by atoms with van der Waals surface area (Å²) < 4.78 is 4.48. The Morgan fingerprint density at radius 1 is 1.50 bits per heavy atom. The van der Waals surface area contributed by atoms with E-state index in [0.29, 0.717) is 5.69 Å². The summed E-state index contributed by atoms with van der Waals surface area (Å²) in [5.74, 6) is 5.20. The maximum Gasteiger partial charge on any atom is 0.323 e. The van der Waals surface area contributed by atoms with Crippen LogP contribution < -0.4 is 11.5 Å². The minimum absolute atomic E-state index is 0.251. The summed E-state index contributed by atoms with van der Waals surface area (Å²) in [5, 5.41) is 0. The first-order valence-electron chi connectivity index (χ1n) is 4.82. The van der Waals surface area contributed by atoms with Gasteiger partial charge in [0, 0.05) is 17.7 Å². The molecule has 1 aromatic rings. The molecular weight excluding hydrogens is 204 g/mol. The molecule has 0 aliphatic heterocycles. The minimum Gasteiger partial charge on any atom is -0.468 e. The van der Waals surface area contributed by atoms with E-state index in [0.717, 1.165) is 5.56 Å². The topological polar surface area (TPSA) is 78.3 Å². The van der Waals surface area contributed by atoms with Crippen LogP contribution in [-0.4, -0.2) is 19.1 Å². The molecule has 0 saturated carbocycles. The third kappa shape index (κ3) is 3.30. The monoisotopic (exact) mass is 218 g/mol. The van der Waals surface area contributed by atoms with E-state index in [9.17, 15) is 4.79 Å². The Kier molecular flexibility index (Phi) is 4.37. The number of carbonyl (C=O) groups excluding carboxylic acids is 1. The number of rotatable bonds is 2. The van der Waals surface area contributed by atoms with E-state index in [2.05, 4.69) is 16.6 Å². The predicted molar refractivity (Wildman–Crippen MR) is 62.3 cm³/mol. The first-order valence-corrected chi connectivity index (χ1v) is 4.82. The second kappa shape index (κ2) is 5.79. The SMILES string of the molecule is COC(=O)[C@@H](N)CC#Cc1ccccc1N. The van der Waals surface area contributed by atoms with Gasteiger partial charge in [0.1, 0.15) is 6.04 Å². The van der Waals surface area contributed by atoms with E-state index in [1.54, 1.807) is 6.07 Å². The summed E-state index contributed by atoms with van der Waals surface area (Å²) in [7, 11) is 1.30. The average molecular weight is 218 g/mol. The fourth-order valence-electron chi connectivity index (χ4n) is 1.10. The smallest absolute Gasteiger partial charge is 0.323 e. The van der Waals surface area contributed by atoms with E-state index in [4.69, 9.17) is 11.5 Å².